The lowest BCUT2D eigenvalue weighted by molar-refractivity contribution is 0.00559. The van der Waals surface area contributed by atoms with Crippen molar-refractivity contribution in [3.05, 3.63) is 12.2 Å². The van der Waals surface area contributed by atoms with Gasteiger partial charge in [0, 0.05) is 6.92 Å². The maximum absolute atomic E-state index is 12.1. The second kappa shape index (κ2) is 1.75. The molecule has 0 N–H and O–H groups in total. The number of aromatic nitrogens is 2. The monoisotopic (exact) mass is 134 g/mol. The first-order valence-corrected chi connectivity index (χ1v) is 2.25. The molecule has 0 aliphatic rings. The number of nitrogens with zero attached hydrogens (tertiary/aromatic N) is 2. The van der Waals surface area contributed by atoms with E-state index in [-0.39, 0.29) is 0 Å². The molecule has 0 saturated carbocycles. The number of alkyl halides is 2. The van der Waals surface area contributed by atoms with Gasteiger partial charge in [0.05, 0.1) is 0 Å². The van der Waals surface area contributed by atoms with Gasteiger partial charge in [-0.3, -0.25) is 0 Å². The van der Waals surface area contributed by atoms with Crippen LogP contribution in [-0.4, -0.2) is 10.1 Å². The van der Waals surface area contributed by atoms with E-state index in [1.54, 1.807) is 0 Å². The summed E-state index contributed by atoms with van der Waals surface area (Å²) in [4.78, 5) is 3.16. The van der Waals surface area contributed by atoms with Gasteiger partial charge in [-0.2, -0.15) is 13.8 Å². The molecule has 0 saturated heterocycles. The highest BCUT2D eigenvalue weighted by atomic mass is 19.3. The number of hydrogen-bond donors (Lipinski definition) is 0. The van der Waals surface area contributed by atoms with E-state index in [0.29, 0.717) is 6.92 Å². The van der Waals surface area contributed by atoms with Crippen molar-refractivity contribution in [3.63, 3.8) is 0 Å². The summed E-state index contributed by atoms with van der Waals surface area (Å²) in [6, 6.07) is 0. The van der Waals surface area contributed by atoms with Gasteiger partial charge >= 0.3 is 5.92 Å². The molecule has 0 unspecified atom stereocenters. The van der Waals surface area contributed by atoms with Crippen LogP contribution in [0.5, 0.6) is 0 Å². The number of rotatable bonds is 1. The van der Waals surface area contributed by atoms with Gasteiger partial charge in [0.2, 0.25) is 12.2 Å². The highest BCUT2D eigenvalue weighted by molar-refractivity contribution is 4.87. The Balaban J connectivity index is 2.90. The van der Waals surface area contributed by atoms with Gasteiger partial charge in [0.25, 0.3) is 0 Å². The van der Waals surface area contributed by atoms with Crippen LogP contribution >= 0.6 is 0 Å². The van der Waals surface area contributed by atoms with Crippen LogP contribution in [0.25, 0.3) is 0 Å². The fourth-order valence-electron chi connectivity index (χ4n) is 0.364. The number of hydrogen-bond acceptors (Lipinski definition) is 3. The number of halogens is 2. The molecule has 0 amide bonds. The van der Waals surface area contributed by atoms with Crippen molar-refractivity contribution in [2.75, 3.05) is 0 Å². The third-order valence-corrected chi connectivity index (χ3v) is 0.754. The second-order valence-corrected chi connectivity index (χ2v) is 1.64. The van der Waals surface area contributed by atoms with Crippen LogP contribution < -0.4 is 0 Å². The van der Waals surface area contributed by atoms with Crippen LogP contribution in [0.1, 0.15) is 12.7 Å². The van der Waals surface area contributed by atoms with Gasteiger partial charge < -0.3 is 4.52 Å². The Bertz CT molecular complexity index is 179. The Morgan fingerprint density at radius 2 is 2.33 bits per heavy atom. The van der Waals surface area contributed by atoms with Crippen LogP contribution in [0.2, 0.25) is 0 Å². The smallest absolute Gasteiger partial charge is 0.307 e. The van der Waals surface area contributed by atoms with Crippen molar-refractivity contribution in [2.45, 2.75) is 12.8 Å². The summed E-state index contributed by atoms with van der Waals surface area (Å²) in [5, 5.41) is 2.95. The molecule has 0 aliphatic carbocycles. The summed E-state index contributed by atoms with van der Waals surface area (Å²) in [7, 11) is 0. The first-order chi connectivity index (χ1) is 4.11. The van der Waals surface area contributed by atoms with E-state index in [9.17, 15) is 8.78 Å². The Hall–Kier alpha value is -1.00. The van der Waals surface area contributed by atoms with Crippen LogP contribution in [0.4, 0.5) is 8.78 Å². The molecule has 0 aliphatic heterocycles. The lowest BCUT2D eigenvalue weighted by atomic mass is 10.4. The molecule has 3 nitrogen and oxygen atoms in total. The van der Waals surface area contributed by atoms with Crippen molar-refractivity contribution in [2.24, 2.45) is 0 Å². The lowest BCUT2D eigenvalue weighted by Gasteiger charge is -2.00. The van der Waals surface area contributed by atoms with Gasteiger partial charge in [-0.05, 0) is 0 Å². The molecule has 0 fully saturated rings. The minimum atomic E-state index is -2.99. The summed E-state index contributed by atoms with van der Waals surface area (Å²) in [6.45, 7) is 0.706. The Labute approximate surface area is 49.7 Å². The third-order valence-electron chi connectivity index (χ3n) is 0.754. The molecule has 0 aromatic carbocycles. The van der Waals surface area contributed by atoms with Crippen LogP contribution in [0.3, 0.4) is 0 Å². The van der Waals surface area contributed by atoms with Crippen molar-refractivity contribution < 1.29 is 13.3 Å². The van der Waals surface area contributed by atoms with Crippen LogP contribution in [-0.2, 0) is 5.92 Å². The van der Waals surface area contributed by atoms with E-state index >= 15 is 0 Å². The SMILES string of the molecule is CC(F)(F)c1ncon1. The zero-order valence-electron chi connectivity index (χ0n) is 4.64. The fraction of sp³-hybridized carbons (Fsp3) is 0.500. The van der Waals surface area contributed by atoms with Crippen LogP contribution in [0.15, 0.2) is 10.9 Å². The average molecular weight is 134 g/mol. The molecule has 1 aromatic rings. The minimum absolute atomic E-state index is 0.581. The molecule has 1 rings (SSSR count). The first-order valence-electron chi connectivity index (χ1n) is 2.25. The molecule has 1 heterocycles. The molecule has 1 aromatic heterocycles. The minimum Gasteiger partial charge on any atom is -0.343 e. The van der Waals surface area contributed by atoms with E-state index in [1.807, 2.05) is 0 Å². The predicted molar refractivity (Wildman–Crippen MR) is 23.9 cm³/mol. The second-order valence-electron chi connectivity index (χ2n) is 1.64. The Morgan fingerprint density at radius 1 is 1.67 bits per heavy atom. The molecule has 0 radical (unpaired) electrons. The summed E-state index contributed by atoms with van der Waals surface area (Å²) >= 11 is 0. The van der Waals surface area contributed by atoms with E-state index in [2.05, 4.69) is 14.7 Å². The molecule has 0 bridgehead atoms. The summed E-state index contributed by atoms with van der Waals surface area (Å²) in [5.74, 6) is -3.57. The predicted octanol–water partition coefficient (Wildman–Crippen LogP) is 1.18. The Morgan fingerprint density at radius 3 is 2.56 bits per heavy atom. The molecule has 50 valence electrons. The van der Waals surface area contributed by atoms with E-state index < -0.39 is 11.7 Å². The summed E-state index contributed by atoms with van der Waals surface area (Å²) < 4.78 is 28.3. The molecule has 5 heteroatoms. The molecular formula is C4H4F2N2O. The van der Waals surface area contributed by atoms with Crippen LogP contribution in [0, 0.1) is 0 Å². The van der Waals surface area contributed by atoms with Crippen molar-refractivity contribution in [1.29, 1.82) is 0 Å². The highest BCUT2D eigenvalue weighted by Gasteiger charge is 2.29. The van der Waals surface area contributed by atoms with E-state index in [1.165, 1.54) is 0 Å². The molecular weight excluding hydrogens is 130 g/mol. The van der Waals surface area contributed by atoms with E-state index in [0.717, 1.165) is 6.39 Å². The van der Waals surface area contributed by atoms with Crippen molar-refractivity contribution in [1.82, 2.24) is 10.1 Å². The Kier molecular flexibility index (Phi) is 1.19. The zero-order chi connectivity index (χ0) is 6.91. The van der Waals surface area contributed by atoms with Gasteiger partial charge in [-0.25, -0.2) is 0 Å². The summed E-state index contributed by atoms with van der Waals surface area (Å²) in [5.41, 5.74) is 0. The van der Waals surface area contributed by atoms with Gasteiger partial charge in [0.15, 0.2) is 0 Å². The van der Waals surface area contributed by atoms with Crippen molar-refractivity contribution >= 4 is 0 Å². The topological polar surface area (TPSA) is 38.9 Å². The van der Waals surface area contributed by atoms with E-state index in [4.69, 9.17) is 0 Å². The third kappa shape index (κ3) is 1.22. The normalized spacial score (nSPS) is 11.9. The maximum Gasteiger partial charge on any atom is 0.307 e. The van der Waals surface area contributed by atoms with Gasteiger partial charge in [-0.15, -0.1) is 0 Å². The highest BCUT2D eigenvalue weighted by Crippen LogP contribution is 2.22. The zero-order valence-corrected chi connectivity index (χ0v) is 4.64. The standard InChI is InChI=1S/C4H4F2N2O/c1-4(5,6)3-7-2-9-8-3/h2H,1H3. The molecule has 9 heavy (non-hydrogen) atoms. The van der Waals surface area contributed by atoms with Gasteiger partial charge in [-0.1, -0.05) is 5.16 Å². The first kappa shape index (κ1) is 6.12. The average Bonchev–Trinajstić information content (AvgIpc) is 2.08. The fourth-order valence-corrected chi connectivity index (χ4v) is 0.364. The largest absolute Gasteiger partial charge is 0.343 e. The lowest BCUT2D eigenvalue weighted by Crippen LogP contribution is -2.08. The molecule has 0 spiro atoms. The quantitative estimate of drug-likeness (QED) is 0.578. The maximum atomic E-state index is 12.1. The molecule has 0 atom stereocenters. The van der Waals surface area contributed by atoms with Crippen molar-refractivity contribution in [3.8, 4) is 0 Å². The summed E-state index contributed by atoms with van der Waals surface area (Å²) in [6.07, 6.45) is 0.868. The van der Waals surface area contributed by atoms with Gasteiger partial charge in [0.1, 0.15) is 0 Å².